The Labute approximate surface area is 142 Å². The number of fused-ring (bicyclic) bond motifs is 1. The van der Waals surface area contributed by atoms with Crippen LogP contribution in [0.15, 0.2) is 30.5 Å². The highest BCUT2D eigenvalue weighted by molar-refractivity contribution is 7.91. The van der Waals surface area contributed by atoms with Crippen molar-refractivity contribution < 1.29 is 13.2 Å². The standard InChI is InChI=1S/C17H23N3O3S/c1-12(2)10-20-7-5-13-9-14(3-4-16(13)20)18-17(21)19-15-6-8-24(22,23)11-15/h3-5,7,9,12,15H,6,8,10-11H2,1-2H3,(H2,18,19,21). The molecule has 1 fully saturated rings. The van der Waals surface area contributed by atoms with E-state index in [9.17, 15) is 13.2 Å². The molecule has 0 radical (unpaired) electrons. The lowest BCUT2D eigenvalue weighted by molar-refractivity contribution is 0.249. The first-order chi connectivity index (χ1) is 11.3. The predicted molar refractivity (Wildman–Crippen MR) is 96.0 cm³/mol. The van der Waals surface area contributed by atoms with E-state index in [-0.39, 0.29) is 23.6 Å². The number of amides is 2. The molecule has 2 aromatic rings. The molecule has 2 heterocycles. The van der Waals surface area contributed by atoms with Gasteiger partial charge in [0.15, 0.2) is 9.84 Å². The van der Waals surface area contributed by atoms with Gasteiger partial charge in [-0.3, -0.25) is 0 Å². The Morgan fingerprint density at radius 1 is 1.33 bits per heavy atom. The topological polar surface area (TPSA) is 80.2 Å². The van der Waals surface area contributed by atoms with Crippen molar-refractivity contribution in [1.82, 2.24) is 9.88 Å². The lowest BCUT2D eigenvalue weighted by Gasteiger charge is -2.12. The molecule has 1 unspecified atom stereocenters. The van der Waals surface area contributed by atoms with Gasteiger partial charge in [-0.15, -0.1) is 0 Å². The van der Waals surface area contributed by atoms with E-state index in [0.29, 0.717) is 18.0 Å². The maximum absolute atomic E-state index is 12.0. The van der Waals surface area contributed by atoms with E-state index in [2.05, 4.69) is 35.2 Å². The molecule has 1 aromatic carbocycles. The van der Waals surface area contributed by atoms with Crippen LogP contribution in [-0.4, -0.2) is 36.6 Å². The lowest BCUT2D eigenvalue weighted by Crippen LogP contribution is -2.38. The van der Waals surface area contributed by atoms with Crippen LogP contribution in [0, 0.1) is 5.92 Å². The smallest absolute Gasteiger partial charge is 0.319 e. The average Bonchev–Trinajstić information content (AvgIpc) is 3.01. The number of hydrogen-bond donors (Lipinski definition) is 2. The van der Waals surface area contributed by atoms with Crippen LogP contribution >= 0.6 is 0 Å². The molecule has 6 nitrogen and oxygen atoms in total. The summed E-state index contributed by atoms with van der Waals surface area (Å²) >= 11 is 0. The fraction of sp³-hybridized carbons (Fsp3) is 0.471. The van der Waals surface area contributed by atoms with E-state index in [1.54, 1.807) is 0 Å². The predicted octanol–water partition coefficient (Wildman–Crippen LogP) is 2.61. The van der Waals surface area contributed by atoms with Crippen LogP contribution in [0.3, 0.4) is 0 Å². The SMILES string of the molecule is CC(C)Cn1ccc2cc(NC(=O)NC3CCS(=O)(=O)C3)ccc21. The average molecular weight is 349 g/mol. The number of benzene rings is 1. The van der Waals surface area contributed by atoms with Gasteiger partial charge in [0.2, 0.25) is 0 Å². The minimum Gasteiger partial charge on any atom is -0.347 e. The van der Waals surface area contributed by atoms with Gasteiger partial charge in [0.25, 0.3) is 0 Å². The third-order valence-electron chi connectivity index (χ3n) is 4.16. The van der Waals surface area contributed by atoms with Gasteiger partial charge in [-0.25, -0.2) is 13.2 Å². The zero-order valence-electron chi connectivity index (χ0n) is 14.0. The van der Waals surface area contributed by atoms with Crippen LogP contribution in [0.4, 0.5) is 10.5 Å². The molecule has 0 bridgehead atoms. The lowest BCUT2D eigenvalue weighted by atomic mass is 10.2. The molecule has 3 rings (SSSR count). The van der Waals surface area contributed by atoms with Crippen LogP contribution in [0.2, 0.25) is 0 Å². The number of carbonyl (C=O) groups is 1. The Bertz CT molecular complexity index is 855. The molecule has 1 aliphatic heterocycles. The number of aromatic nitrogens is 1. The molecule has 7 heteroatoms. The summed E-state index contributed by atoms with van der Waals surface area (Å²) in [7, 11) is -3.00. The second-order valence-electron chi connectivity index (χ2n) is 6.83. The molecule has 1 saturated heterocycles. The number of urea groups is 1. The molecular formula is C17H23N3O3S. The summed E-state index contributed by atoms with van der Waals surface area (Å²) in [5.41, 5.74) is 1.83. The van der Waals surface area contributed by atoms with Gasteiger partial charge < -0.3 is 15.2 Å². The number of rotatable bonds is 4. The molecule has 1 atom stereocenters. The Balaban J connectivity index is 1.66. The normalized spacial score (nSPS) is 19.7. The fourth-order valence-corrected chi connectivity index (χ4v) is 4.77. The number of carbonyl (C=O) groups excluding carboxylic acids is 1. The van der Waals surface area contributed by atoms with Gasteiger partial charge in [0.1, 0.15) is 0 Å². The third-order valence-corrected chi connectivity index (χ3v) is 5.93. The highest BCUT2D eigenvalue weighted by atomic mass is 32.2. The largest absolute Gasteiger partial charge is 0.347 e. The van der Waals surface area contributed by atoms with E-state index < -0.39 is 9.84 Å². The molecule has 1 aliphatic rings. The van der Waals surface area contributed by atoms with Gasteiger partial charge in [0, 0.05) is 35.4 Å². The first-order valence-electron chi connectivity index (χ1n) is 8.19. The summed E-state index contributed by atoms with van der Waals surface area (Å²) in [5, 5.41) is 6.58. The van der Waals surface area contributed by atoms with Crippen LogP contribution in [0.1, 0.15) is 20.3 Å². The van der Waals surface area contributed by atoms with Gasteiger partial charge in [-0.2, -0.15) is 0 Å². The van der Waals surface area contributed by atoms with Crippen molar-refractivity contribution >= 4 is 32.5 Å². The van der Waals surface area contributed by atoms with Crippen molar-refractivity contribution in [3.63, 3.8) is 0 Å². The fourth-order valence-electron chi connectivity index (χ4n) is 3.09. The van der Waals surface area contributed by atoms with Gasteiger partial charge >= 0.3 is 6.03 Å². The summed E-state index contributed by atoms with van der Waals surface area (Å²) in [6.07, 6.45) is 2.53. The number of hydrogen-bond acceptors (Lipinski definition) is 3. The van der Waals surface area contributed by atoms with Gasteiger partial charge in [0.05, 0.1) is 11.5 Å². The van der Waals surface area contributed by atoms with Crippen LogP contribution in [-0.2, 0) is 16.4 Å². The Morgan fingerprint density at radius 3 is 2.79 bits per heavy atom. The van der Waals surface area contributed by atoms with Crippen LogP contribution in [0.5, 0.6) is 0 Å². The minimum absolute atomic E-state index is 0.0253. The van der Waals surface area contributed by atoms with Crippen molar-refractivity contribution in [2.24, 2.45) is 5.92 Å². The second-order valence-corrected chi connectivity index (χ2v) is 9.06. The molecular weight excluding hydrogens is 326 g/mol. The number of sulfone groups is 1. The van der Waals surface area contributed by atoms with E-state index in [4.69, 9.17) is 0 Å². The summed E-state index contributed by atoms with van der Waals surface area (Å²) in [6, 6.07) is 7.16. The highest BCUT2D eigenvalue weighted by Crippen LogP contribution is 2.21. The quantitative estimate of drug-likeness (QED) is 0.890. The molecule has 0 spiro atoms. The van der Waals surface area contributed by atoms with E-state index in [1.807, 2.05) is 24.3 Å². The van der Waals surface area contributed by atoms with E-state index in [1.165, 1.54) is 0 Å². The maximum Gasteiger partial charge on any atom is 0.319 e. The van der Waals surface area contributed by atoms with Crippen LogP contribution < -0.4 is 10.6 Å². The number of nitrogens with zero attached hydrogens (tertiary/aromatic N) is 1. The zero-order valence-corrected chi connectivity index (χ0v) is 14.8. The van der Waals surface area contributed by atoms with Crippen molar-refractivity contribution in [1.29, 1.82) is 0 Å². The number of nitrogens with one attached hydrogen (secondary N) is 2. The molecule has 1 aromatic heterocycles. The third kappa shape index (κ3) is 3.90. The molecule has 24 heavy (non-hydrogen) atoms. The van der Waals surface area contributed by atoms with E-state index in [0.717, 1.165) is 17.4 Å². The Morgan fingerprint density at radius 2 is 2.12 bits per heavy atom. The Kier molecular flexibility index (Phi) is 4.54. The van der Waals surface area contributed by atoms with Crippen molar-refractivity contribution in [2.45, 2.75) is 32.9 Å². The Hall–Kier alpha value is -2.02. The first kappa shape index (κ1) is 16.8. The zero-order chi connectivity index (χ0) is 17.3. The molecule has 130 valence electrons. The highest BCUT2D eigenvalue weighted by Gasteiger charge is 2.28. The van der Waals surface area contributed by atoms with Crippen LogP contribution in [0.25, 0.3) is 10.9 Å². The summed E-state index contributed by atoms with van der Waals surface area (Å²) in [4.78, 5) is 12.0. The molecule has 0 saturated carbocycles. The van der Waals surface area contributed by atoms with Crippen molar-refractivity contribution in [3.05, 3.63) is 30.5 Å². The molecule has 2 N–H and O–H groups in total. The summed E-state index contributed by atoms with van der Waals surface area (Å²) < 4.78 is 25.1. The monoisotopic (exact) mass is 349 g/mol. The number of anilines is 1. The maximum atomic E-state index is 12.0. The molecule has 0 aliphatic carbocycles. The summed E-state index contributed by atoms with van der Waals surface area (Å²) in [5.74, 6) is 0.733. The van der Waals surface area contributed by atoms with Gasteiger partial charge in [-0.05, 0) is 36.6 Å². The minimum atomic E-state index is -3.00. The van der Waals surface area contributed by atoms with Crippen molar-refractivity contribution in [3.8, 4) is 0 Å². The first-order valence-corrected chi connectivity index (χ1v) is 10.0. The summed E-state index contributed by atoms with van der Waals surface area (Å²) in [6.45, 7) is 5.30. The van der Waals surface area contributed by atoms with E-state index >= 15 is 0 Å². The molecule has 2 amide bonds. The van der Waals surface area contributed by atoms with Gasteiger partial charge in [-0.1, -0.05) is 13.8 Å². The van der Waals surface area contributed by atoms with Crippen molar-refractivity contribution in [2.75, 3.05) is 16.8 Å². The second kappa shape index (κ2) is 6.47.